The van der Waals surface area contributed by atoms with Gasteiger partial charge in [0.2, 0.25) is 0 Å². The third kappa shape index (κ3) is 1.02. The number of hydrazone groups is 1. The van der Waals surface area contributed by atoms with Gasteiger partial charge in [-0.1, -0.05) is 0 Å². The number of H-pyrrole nitrogens is 1. The monoisotopic (exact) mass is 149 g/mol. The first-order chi connectivity index (χ1) is 5.38. The van der Waals surface area contributed by atoms with Crippen LogP contribution in [0.4, 0.5) is 0 Å². The Morgan fingerprint density at radius 2 is 2.64 bits per heavy atom. The van der Waals surface area contributed by atoms with Crippen molar-refractivity contribution in [1.29, 1.82) is 0 Å². The minimum absolute atomic E-state index is 0.421. The first kappa shape index (κ1) is 6.46. The van der Waals surface area contributed by atoms with E-state index in [1.54, 1.807) is 0 Å². The molecule has 2 heterocycles. The highest BCUT2D eigenvalue weighted by atomic mass is 15.5. The SMILES string of the molecule is CN1N=CCC1c1ccc[nH]1. The van der Waals surface area contributed by atoms with E-state index in [0.717, 1.165) is 6.42 Å². The fraction of sp³-hybridized carbons (Fsp3) is 0.375. The lowest BCUT2D eigenvalue weighted by Gasteiger charge is -2.16. The Morgan fingerprint density at radius 3 is 3.18 bits per heavy atom. The quantitative estimate of drug-likeness (QED) is 0.642. The van der Waals surface area contributed by atoms with Crippen LogP contribution in [0.1, 0.15) is 18.2 Å². The van der Waals surface area contributed by atoms with Gasteiger partial charge in [0.05, 0.1) is 6.04 Å². The molecule has 0 aromatic carbocycles. The minimum Gasteiger partial charge on any atom is -0.363 e. The molecular formula is C8H11N3. The highest BCUT2D eigenvalue weighted by Crippen LogP contribution is 2.24. The Kier molecular flexibility index (Phi) is 1.42. The zero-order chi connectivity index (χ0) is 7.68. The van der Waals surface area contributed by atoms with E-state index in [4.69, 9.17) is 0 Å². The van der Waals surface area contributed by atoms with Gasteiger partial charge in [0.25, 0.3) is 0 Å². The van der Waals surface area contributed by atoms with Crippen molar-refractivity contribution in [3.63, 3.8) is 0 Å². The normalized spacial score (nSPS) is 23.0. The van der Waals surface area contributed by atoms with E-state index in [9.17, 15) is 0 Å². The maximum atomic E-state index is 4.16. The van der Waals surface area contributed by atoms with Crippen LogP contribution in [0.3, 0.4) is 0 Å². The molecule has 1 atom stereocenters. The molecular weight excluding hydrogens is 138 g/mol. The number of hydrogen-bond donors (Lipinski definition) is 1. The zero-order valence-corrected chi connectivity index (χ0v) is 6.49. The van der Waals surface area contributed by atoms with E-state index in [1.807, 2.05) is 30.5 Å². The van der Waals surface area contributed by atoms with Crippen LogP contribution in [0.25, 0.3) is 0 Å². The molecule has 0 amide bonds. The second-order valence-corrected chi connectivity index (χ2v) is 2.75. The summed E-state index contributed by atoms with van der Waals surface area (Å²) in [4.78, 5) is 3.19. The van der Waals surface area contributed by atoms with Crippen LogP contribution >= 0.6 is 0 Å². The van der Waals surface area contributed by atoms with Crippen molar-refractivity contribution in [2.45, 2.75) is 12.5 Å². The smallest absolute Gasteiger partial charge is 0.0914 e. The number of aromatic nitrogens is 1. The molecule has 0 spiro atoms. The summed E-state index contributed by atoms with van der Waals surface area (Å²) in [5, 5.41) is 6.14. The Hall–Kier alpha value is -1.25. The van der Waals surface area contributed by atoms with Crippen molar-refractivity contribution in [2.75, 3.05) is 7.05 Å². The average Bonchev–Trinajstić information content (AvgIpc) is 2.55. The van der Waals surface area contributed by atoms with Crippen LogP contribution in [0.5, 0.6) is 0 Å². The number of nitrogens with one attached hydrogen (secondary N) is 1. The van der Waals surface area contributed by atoms with Gasteiger partial charge in [-0.25, -0.2) is 0 Å². The number of aromatic amines is 1. The van der Waals surface area contributed by atoms with Gasteiger partial charge < -0.3 is 4.98 Å². The van der Waals surface area contributed by atoms with E-state index < -0.39 is 0 Å². The van der Waals surface area contributed by atoms with Gasteiger partial charge in [-0.3, -0.25) is 5.01 Å². The lowest BCUT2D eigenvalue weighted by atomic mass is 10.2. The highest BCUT2D eigenvalue weighted by Gasteiger charge is 2.18. The Labute approximate surface area is 65.7 Å². The van der Waals surface area contributed by atoms with E-state index in [1.165, 1.54) is 5.69 Å². The summed E-state index contributed by atoms with van der Waals surface area (Å²) in [6, 6.07) is 4.53. The molecule has 11 heavy (non-hydrogen) atoms. The van der Waals surface area contributed by atoms with E-state index in [0.29, 0.717) is 6.04 Å². The Bertz CT molecular complexity index is 250. The maximum absolute atomic E-state index is 4.16. The van der Waals surface area contributed by atoms with E-state index in [2.05, 4.69) is 16.2 Å². The molecule has 0 fully saturated rings. The average molecular weight is 149 g/mol. The van der Waals surface area contributed by atoms with Crippen molar-refractivity contribution in [2.24, 2.45) is 5.10 Å². The molecule has 2 rings (SSSR count). The Morgan fingerprint density at radius 1 is 1.73 bits per heavy atom. The molecule has 1 aromatic heterocycles. The van der Waals surface area contributed by atoms with Crippen LogP contribution in [0.15, 0.2) is 23.4 Å². The van der Waals surface area contributed by atoms with Gasteiger partial charge in [-0.2, -0.15) is 5.10 Å². The fourth-order valence-corrected chi connectivity index (χ4v) is 1.39. The summed E-state index contributed by atoms with van der Waals surface area (Å²) in [7, 11) is 2.00. The molecule has 1 aliphatic rings. The summed E-state index contributed by atoms with van der Waals surface area (Å²) in [5.74, 6) is 0. The standard InChI is InChI=1S/C8H11N3/c1-11-8(4-6-10-11)7-3-2-5-9-7/h2-3,5-6,8-9H,4H2,1H3. The van der Waals surface area contributed by atoms with Gasteiger partial charge in [0, 0.05) is 31.6 Å². The van der Waals surface area contributed by atoms with Crippen molar-refractivity contribution in [3.05, 3.63) is 24.0 Å². The van der Waals surface area contributed by atoms with Gasteiger partial charge in [-0.15, -0.1) is 0 Å². The number of hydrogen-bond acceptors (Lipinski definition) is 2. The van der Waals surface area contributed by atoms with Crippen LogP contribution in [0.2, 0.25) is 0 Å². The molecule has 1 N–H and O–H groups in total. The van der Waals surface area contributed by atoms with Crippen LogP contribution < -0.4 is 0 Å². The van der Waals surface area contributed by atoms with Crippen LogP contribution in [-0.4, -0.2) is 23.3 Å². The van der Waals surface area contributed by atoms with Gasteiger partial charge in [0.1, 0.15) is 0 Å². The second-order valence-electron chi connectivity index (χ2n) is 2.75. The predicted octanol–water partition coefficient (Wildman–Crippen LogP) is 1.38. The van der Waals surface area contributed by atoms with Gasteiger partial charge >= 0.3 is 0 Å². The highest BCUT2D eigenvalue weighted by molar-refractivity contribution is 5.60. The molecule has 1 unspecified atom stereocenters. The molecule has 0 saturated carbocycles. The van der Waals surface area contributed by atoms with Crippen molar-refractivity contribution in [3.8, 4) is 0 Å². The summed E-state index contributed by atoms with van der Waals surface area (Å²) < 4.78 is 0. The number of rotatable bonds is 1. The number of nitrogens with zero attached hydrogens (tertiary/aromatic N) is 2. The molecule has 0 bridgehead atoms. The minimum atomic E-state index is 0.421. The summed E-state index contributed by atoms with van der Waals surface area (Å²) >= 11 is 0. The first-order valence-corrected chi connectivity index (χ1v) is 3.76. The molecule has 1 aromatic rings. The Balaban J connectivity index is 2.19. The molecule has 58 valence electrons. The summed E-state index contributed by atoms with van der Waals surface area (Å²) in [6.07, 6.45) is 4.91. The molecule has 3 nitrogen and oxygen atoms in total. The third-order valence-corrected chi connectivity index (χ3v) is 2.02. The van der Waals surface area contributed by atoms with Crippen molar-refractivity contribution in [1.82, 2.24) is 9.99 Å². The van der Waals surface area contributed by atoms with E-state index in [-0.39, 0.29) is 0 Å². The van der Waals surface area contributed by atoms with E-state index >= 15 is 0 Å². The summed E-state index contributed by atoms with van der Waals surface area (Å²) in [6.45, 7) is 0. The van der Waals surface area contributed by atoms with Crippen LogP contribution in [0, 0.1) is 0 Å². The fourth-order valence-electron chi connectivity index (χ4n) is 1.39. The lowest BCUT2D eigenvalue weighted by molar-refractivity contribution is 0.285. The molecule has 0 saturated heterocycles. The van der Waals surface area contributed by atoms with Crippen molar-refractivity contribution >= 4 is 6.21 Å². The molecule has 0 aliphatic carbocycles. The topological polar surface area (TPSA) is 31.4 Å². The molecule has 3 heteroatoms. The largest absolute Gasteiger partial charge is 0.363 e. The maximum Gasteiger partial charge on any atom is 0.0914 e. The zero-order valence-electron chi connectivity index (χ0n) is 6.49. The van der Waals surface area contributed by atoms with Gasteiger partial charge in [0.15, 0.2) is 0 Å². The van der Waals surface area contributed by atoms with Crippen molar-refractivity contribution < 1.29 is 0 Å². The lowest BCUT2D eigenvalue weighted by Crippen LogP contribution is -2.13. The van der Waals surface area contributed by atoms with Crippen LogP contribution in [-0.2, 0) is 0 Å². The predicted molar refractivity (Wildman–Crippen MR) is 44.4 cm³/mol. The summed E-state index contributed by atoms with van der Waals surface area (Å²) in [5.41, 5.74) is 1.24. The molecule has 0 radical (unpaired) electrons. The third-order valence-electron chi connectivity index (χ3n) is 2.02. The second kappa shape index (κ2) is 2.42. The molecule has 1 aliphatic heterocycles. The van der Waals surface area contributed by atoms with Gasteiger partial charge in [-0.05, 0) is 12.1 Å². The first-order valence-electron chi connectivity index (χ1n) is 3.76.